The van der Waals surface area contributed by atoms with Crippen LogP contribution < -0.4 is 5.69 Å². The summed E-state index contributed by atoms with van der Waals surface area (Å²) in [5, 5.41) is 28.9. The number of carboxylic acid groups (broad SMARTS) is 1. The molecule has 7 nitrogen and oxygen atoms in total. The zero-order valence-corrected chi connectivity index (χ0v) is 15.3. The molecule has 1 atom stereocenters. The smallest absolute Gasteiger partial charge is 0.328 e. The van der Waals surface area contributed by atoms with Crippen molar-refractivity contribution < 1.29 is 20.1 Å². The molecule has 1 aromatic heterocycles. The fraction of sp³-hybridized carbons (Fsp3) is 0.765. The molecule has 1 aromatic rings. The van der Waals surface area contributed by atoms with E-state index >= 15 is 0 Å². The molecular weight excluding hydrogens is 344 g/mol. The molecule has 0 radical (unpaired) electrons. The number of aliphatic hydroxyl groups excluding tert-OH is 1. The predicted octanol–water partition coefficient (Wildman–Crippen LogP) is 1.96. The van der Waals surface area contributed by atoms with Gasteiger partial charge in [0.2, 0.25) is 5.88 Å². The van der Waals surface area contributed by atoms with Crippen LogP contribution in [0.5, 0.6) is 5.88 Å². The Morgan fingerprint density at radius 1 is 1.32 bits per heavy atom. The topological polar surface area (TPSA) is 116 Å². The van der Waals surface area contributed by atoms with Gasteiger partial charge >= 0.3 is 11.7 Å². The zero-order valence-electron chi connectivity index (χ0n) is 14.4. The minimum absolute atomic E-state index is 0.0551. The molecule has 0 spiro atoms. The van der Waals surface area contributed by atoms with Gasteiger partial charge in [-0.25, -0.2) is 4.79 Å². The second-order valence-electron chi connectivity index (χ2n) is 6.68. The Balaban J connectivity index is 1.86. The first-order valence-electron chi connectivity index (χ1n) is 8.97. The lowest BCUT2D eigenvalue weighted by Crippen LogP contribution is -2.27. The average molecular weight is 372 g/mol. The van der Waals surface area contributed by atoms with Gasteiger partial charge in [0.25, 0.3) is 0 Å². The number of aromatic amines is 1. The van der Waals surface area contributed by atoms with Gasteiger partial charge in [0.05, 0.1) is 17.6 Å². The van der Waals surface area contributed by atoms with Crippen LogP contribution in [0.15, 0.2) is 4.79 Å². The number of aliphatic hydroxyl groups is 1. The summed E-state index contributed by atoms with van der Waals surface area (Å²) in [5.74, 6) is 0.0475. The summed E-state index contributed by atoms with van der Waals surface area (Å²) in [7, 11) is 0. The van der Waals surface area contributed by atoms with Gasteiger partial charge in [-0.1, -0.05) is 19.3 Å². The molecule has 1 saturated carbocycles. The number of aromatic nitrogens is 2. The van der Waals surface area contributed by atoms with Gasteiger partial charge in [0.1, 0.15) is 0 Å². The highest BCUT2D eigenvalue weighted by atomic mass is 32.2. The highest BCUT2D eigenvalue weighted by Gasteiger charge is 2.22. The van der Waals surface area contributed by atoms with E-state index in [-0.39, 0.29) is 17.3 Å². The van der Waals surface area contributed by atoms with E-state index in [1.165, 1.54) is 22.7 Å². The monoisotopic (exact) mass is 372 g/mol. The van der Waals surface area contributed by atoms with E-state index < -0.39 is 12.1 Å². The molecule has 1 aliphatic rings. The molecule has 0 bridgehead atoms. The third kappa shape index (κ3) is 6.11. The number of carboxylic acids is 1. The average Bonchev–Trinajstić information content (AvgIpc) is 2.86. The van der Waals surface area contributed by atoms with Crippen molar-refractivity contribution in [3.05, 3.63) is 16.2 Å². The van der Waals surface area contributed by atoms with Crippen LogP contribution in [-0.4, -0.2) is 48.4 Å². The van der Waals surface area contributed by atoms with Crippen LogP contribution in [0.25, 0.3) is 0 Å². The van der Waals surface area contributed by atoms with Gasteiger partial charge in [0.15, 0.2) is 0 Å². The predicted molar refractivity (Wildman–Crippen MR) is 97.2 cm³/mol. The Hall–Kier alpha value is -1.41. The van der Waals surface area contributed by atoms with Crippen LogP contribution in [0.2, 0.25) is 0 Å². The van der Waals surface area contributed by atoms with Gasteiger partial charge in [-0.3, -0.25) is 14.3 Å². The highest BCUT2D eigenvalue weighted by Crippen LogP contribution is 2.28. The fourth-order valence-electron chi connectivity index (χ4n) is 3.50. The minimum Gasteiger partial charge on any atom is -0.493 e. The van der Waals surface area contributed by atoms with Crippen molar-refractivity contribution in [1.29, 1.82) is 0 Å². The number of hydrogen-bond acceptors (Lipinski definition) is 5. The summed E-state index contributed by atoms with van der Waals surface area (Å²) in [5.41, 5.74) is 0.179. The molecule has 1 aliphatic carbocycles. The van der Waals surface area contributed by atoms with Gasteiger partial charge in [-0.15, -0.1) is 0 Å². The van der Waals surface area contributed by atoms with Crippen molar-refractivity contribution >= 4 is 17.7 Å². The summed E-state index contributed by atoms with van der Waals surface area (Å²) in [6.07, 6.45) is 6.90. The van der Waals surface area contributed by atoms with Gasteiger partial charge in [0, 0.05) is 6.54 Å². The summed E-state index contributed by atoms with van der Waals surface area (Å²) in [6, 6.07) is 0. The molecule has 0 aliphatic heterocycles. The molecule has 25 heavy (non-hydrogen) atoms. The largest absolute Gasteiger partial charge is 0.493 e. The SMILES string of the molecule is O=C(O)CSCCCc1c(O)[nH]c(=O)n1CCC(O)C1CCCCC1. The van der Waals surface area contributed by atoms with E-state index in [0.717, 1.165) is 25.7 Å². The van der Waals surface area contributed by atoms with E-state index in [2.05, 4.69) is 4.98 Å². The number of imidazole rings is 1. The van der Waals surface area contributed by atoms with Gasteiger partial charge in [-0.05, 0) is 43.8 Å². The summed E-state index contributed by atoms with van der Waals surface area (Å²) < 4.78 is 1.50. The molecule has 0 aromatic carbocycles. The van der Waals surface area contributed by atoms with Crippen LogP contribution in [0, 0.1) is 5.92 Å². The van der Waals surface area contributed by atoms with Crippen LogP contribution in [-0.2, 0) is 17.8 Å². The Morgan fingerprint density at radius 3 is 2.72 bits per heavy atom. The van der Waals surface area contributed by atoms with Crippen LogP contribution in [0.4, 0.5) is 0 Å². The summed E-state index contributed by atoms with van der Waals surface area (Å²) in [6.45, 7) is 0.380. The molecule has 0 saturated heterocycles. The Labute approximate surface area is 151 Å². The fourth-order valence-corrected chi connectivity index (χ4v) is 4.17. The Bertz CT molecular complexity index is 607. The molecule has 8 heteroatoms. The molecule has 142 valence electrons. The summed E-state index contributed by atoms with van der Waals surface area (Å²) >= 11 is 1.32. The third-order valence-corrected chi connectivity index (χ3v) is 5.87. The van der Waals surface area contributed by atoms with E-state index in [9.17, 15) is 19.8 Å². The Morgan fingerprint density at radius 2 is 2.04 bits per heavy atom. The van der Waals surface area contributed by atoms with Crippen molar-refractivity contribution in [2.45, 2.75) is 64.0 Å². The van der Waals surface area contributed by atoms with E-state index in [1.807, 2.05) is 0 Å². The number of H-pyrrole nitrogens is 1. The van der Waals surface area contributed by atoms with E-state index in [4.69, 9.17) is 5.11 Å². The molecule has 4 N–H and O–H groups in total. The molecule has 1 heterocycles. The van der Waals surface area contributed by atoms with Crippen molar-refractivity contribution in [2.24, 2.45) is 5.92 Å². The van der Waals surface area contributed by atoms with E-state index in [1.54, 1.807) is 0 Å². The number of aliphatic carboxylic acids is 1. The lowest BCUT2D eigenvalue weighted by molar-refractivity contribution is -0.133. The lowest BCUT2D eigenvalue weighted by atomic mass is 9.84. The maximum absolute atomic E-state index is 12.0. The maximum Gasteiger partial charge on any atom is 0.328 e. The minimum atomic E-state index is -0.844. The van der Waals surface area contributed by atoms with Crippen molar-refractivity contribution in [3.8, 4) is 5.88 Å². The van der Waals surface area contributed by atoms with Gasteiger partial charge in [-0.2, -0.15) is 11.8 Å². The normalized spacial score (nSPS) is 16.8. The van der Waals surface area contributed by atoms with Crippen LogP contribution in [0.3, 0.4) is 0 Å². The molecular formula is C17H28N2O5S. The first-order chi connectivity index (χ1) is 12.0. The number of hydrogen-bond donors (Lipinski definition) is 4. The van der Waals surface area contributed by atoms with Crippen LogP contribution in [0.1, 0.15) is 50.6 Å². The number of nitrogens with zero attached hydrogens (tertiary/aromatic N) is 1. The van der Waals surface area contributed by atoms with Gasteiger partial charge < -0.3 is 15.3 Å². The first-order valence-corrected chi connectivity index (χ1v) is 10.1. The second kappa shape index (κ2) is 9.91. The Kier molecular flexibility index (Phi) is 7.90. The third-order valence-electron chi connectivity index (χ3n) is 4.84. The number of thioether (sulfide) groups is 1. The maximum atomic E-state index is 12.0. The quantitative estimate of drug-likeness (QED) is 0.467. The molecule has 2 rings (SSSR count). The second-order valence-corrected chi connectivity index (χ2v) is 7.79. The van der Waals surface area contributed by atoms with Crippen molar-refractivity contribution in [3.63, 3.8) is 0 Å². The lowest BCUT2D eigenvalue weighted by Gasteiger charge is -2.26. The van der Waals surface area contributed by atoms with Crippen molar-refractivity contribution in [1.82, 2.24) is 9.55 Å². The zero-order chi connectivity index (χ0) is 18.2. The molecule has 1 fully saturated rings. The summed E-state index contributed by atoms with van der Waals surface area (Å²) in [4.78, 5) is 24.9. The van der Waals surface area contributed by atoms with Crippen molar-refractivity contribution in [2.75, 3.05) is 11.5 Å². The standard InChI is InChI=1S/C17H28N2O5S/c20-14(12-5-2-1-3-6-12)8-9-19-13(16(23)18-17(19)24)7-4-10-25-11-15(21)22/h12,14,20,23H,1-11H2,(H,18,24)(H,21,22). The number of rotatable bonds is 10. The van der Waals surface area contributed by atoms with E-state index in [0.29, 0.717) is 43.2 Å². The molecule has 1 unspecified atom stereocenters. The number of nitrogens with one attached hydrogen (secondary N) is 1. The number of carbonyl (C=O) groups is 1. The first kappa shape index (κ1) is 19.9. The van der Waals surface area contributed by atoms with Crippen LogP contribution >= 0.6 is 11.8 Å². The molecule has 0 amide bonds. The number of aromatic hydroxyl groups is 1. The highest BCUT2D eigenvalue weighted by molar-refractivity contribution is 7.99.